The normalized spacial score (nSPS) is 10.5. The summed E-state index contributed by atoms with van der Waals surface area (Å²) in [5.41, 5.74) is 0. The monoisotopic (exact) mass is 396 g/mol. The predicted octanol–water partition coefficient (Wildman–Crippen LogP) is 4.94. The Hall–Kier alpha value is -0.260. The average Bonchev–Trinajstić information content (AvgIpc) is 2.26. The van der Waals surface area contributed by atoms with Crippen LogP contribution in [-0.4, -0.2) is 23.4 Å². The Morgan fingerprint density at radius 3 is 1.47 bits per heavy atom. The molecule has 0 saturated heterocycles. The number of phenolic OH excluding ortho intramolecular Hbond substituents is 2. The van der Waals surface area contributed by atoms with E-state index in [1.807, 2.05) is 0 Å². The van der Waals surface area contributed by atoms with Crippen molar-refractivity contribution >= 4 is 31.9 Å². The minimum Gasteiger partial charge on any atom is -0.504 e. The number of hydrogen-bond donors (Lipinski definition) is 2. The van der Waals surface area contributed by atoms with E-state index < -0.39 is 0 Å². The second-order valence-electron chi connectivity index (χ2n) is 5.08. The number of halogens is 2. The van der Waals surface area contributed by atoms with Crippen LogP contribution in [0.5, 0.6) is 11.5 Å². The first-order valence-electron chi connectivity index (χ1n) is 6.18. The van der Waals surface area contributed by atoms with E-state index in [2.05, 4.69) is 59.6 Å². The summed E-state index contributed by atoms with van der Waals surface area (Å²) in [5, 5.41) is 17.8. The molecule has 0 bridgehead atoms. The standard InChI is InChI=1S/C8H18O.C6H4Br2O2/c1-7(2)5-9-6-8(3)4;7-3-1-5(9)6(10)2-4(3)8/h7-8H,5-6H2,1-4H3;1-2,9-10H. The second kappa shape index (κ2) is 9.61. The van der Waals surface area contributed by atoms with Gasteiger partial charge in [-0.3, -0.25) is 0 Å². The molecule has 0 atom stereocenters. The van der Waals surface area contributed by atoms with Crippen LogP contribution in [0.3, 0.4) is 0 Å². The molecule has 1 aromatic rings. The molecule has 2 N–H and O–H groups in total. The fraction of sp³-hybridized carbons (Fsp3) is 0.571. The van der Waals surface area contributed by atoms with Gasteiger partial charge in [0.05, 0.1) is 0 Å². The van der Waals surface area contributed by atoms with Gasteiger partial charge < -0.3 is 14.9 Å². The van der Waals surface area contributed by atoms with E-state index in [-0.39, 0.29) is 11.5 Å². The number of ether oxygens (including phenoxy) is 1. The number of aromatic hydroxyl groups is 2. The van der Waals surface area contributed by atoms with Gasteiger partial charge in [-0.25, -0.2) is 0 Å². The SMILES string of the molecule is CC(C)COCC(C)C.Oc1cc(Br)c(Br)cc1O. The summed E-state index contributed by atoms with van der Waals surface area (Å²) in [6.45, 7) is 10.5. The Kier molecular flexibility index (Phi) is 9.48. The molecule has 0 aliphatic rings. The Morgan fingerprint density at radius 2 is 1.21 bits per heavy atom. The first-order chi connectivity index (χ1) is 8.73. The number of phenols is 2. The zero-order chi connectivity index (χ0) is 15.0. The molecule has 0 radical (unpaired) electrons. The fourth-order valence-electron chi connectivity index (χ4n) is 1.07. The van der Waals surface area contributed by atoms with Gasteiger partial charge in [-0.15, -0.1) is 0 Å². The summed E-state index contributed by atoms with van der Waals surface area (Å²) >= 11 is 6.32. The molecule has 0 aliphatic heterocycles. The molecule has 0 amide bonds. The van der Waals surface area contributed by atoms with Gasteiger partial charge in [0.2, 0.25) is 0 Å². The van der Waals surface area contributed by atoms with Crippen molar-refractivity contribution in [2.75, 3.05) is 13.2 Å². The Bertz CT molecular complexity index is 321. The lowest BCUT2D eigenvalue weighted by Crippen LogP contribution is -2.06. The quantitative estimate of drug-likeness (QED) is 0.707. The molecule has 19 heavy (non-hydrogen) atoms. The zero-order valence-electron chi connectivity index (χ0n) is 11.8. The van der Waals surface area contributed by atoms with Crippen LogP contribution in [0.1, 0.15) is 27.7 Å². The lowest BCUT2D eigenvalue weighted by Gasteiger charge is -2.07. The summed E-state index contributed by atoms with van der Waals surface area (Å²) < 4.78 is 6.78. The Labute approximate surface area is 132 Å². The van der Waals surface area contributed by atoms with Gasteiger partial charge in [-0.1, -0.05) is 27.7 Å². The van der Waals surface area contributed by atoms with E-state index >= 15 is 0 Å². The van der Waals surface area contributed by atoms with E-state index in [9.17, 15) is 0 Å². The van der Waals surface area contributed by atoms with E-state index in [0.717, 1.165) is 13.2 Å². The van der Waals surface area contributed by atoms with Gasteiger partial charge in [0.25, 0.3) is 0 Å². The molecule has 5 heteroatoms. The van der Waals surface area contributed by atoms with Crippen molar-refractivity contribution in [3.8, 4) is 11.5 Å². The van der Waals surface area contributed by atoms with E-state index in [1.165, 1.54) is 12.1 Å². The molecule has 1 aromatic carbocycles. The molecule has 0 heterocycles. The summed E-state index contributed by atoms with van der Waals surface area (Å²) in [6.07, 6.45) is 0. The van der Waals surface area contributed by atoms with E-state index in [0.29, 0.717) is 20.8 Å². The van der Waals surface area contributed by atoms with Gasteiger partial charge in [-0.05, 0) is 55.8 Å². The largest absolute Gasteiger partial charge is 0.504 e. The summed E-state index contributed by atoms with van der Waals surface area (Å²) in [6, 6.07) is 2.83. The molecule has 1 rings (SSSR count). The zero-order valence-corrected chi connectivity index (χ0v) is 15.0. The smallest absolute Gasteiger partial charge is 0.158 e. The molecular weight excluding hydrogens is 376 g/mol. The minimum absolute atomic E-state index is 0.130. The summed E-state index contributed by atoms with van der Waals surface area (Å²) in [5.74, 6) is 1.08. The fourth-order valence-corrected chi connectivity index (χ4v) is 1.73. The highest BCUT2D eigenvalue weighted by Crippen LogP contribution is 2.34. The third-order valence-corrected chi connectivity index (χ3v) is 3.76. The van der Waals surface area contributed by atoms with Crippen LogP contribution in [0.15, 0.2) is 21.1 Å². The molecule has 0 aliphatic carbocycles. The first-order valence-corrected chi connectivity index (χ1v) is 7.77. The topological polar surface area (TPSA) is 49.7 Å². The summed E-state index contributed by atoms with van der Waals surface area (Å²) in [7, 11) is 0. The number of benzene rings is 1. The van der Waals surface area contributed by atoms with Gasteiger partial charge >= 0.3 is 0 Å². The van der Waals surface area contributed by atoms with Crippen LogP contribution in [0.2, 0.25) is 0 Å². The minimum atomic E-state index is -0.130. The molecule has 3 nitrogen and oxygen atoms in total. The predicted molar refractivity (Wildman–Crippen MR) is 85.7 cm³/mol. The molecule has 0 fully saturated rings. The van der Waals surface area contributed by atoms with Crippen molar-refractivity contribution in [2.45, 2.75) is 27.7 Å². The van der Waals surface area contributed by atoms with Crippen LogP contribution in [0.4, 0.5) is 0 Å². The molecule has 0 unspecified atom stereocenters. The molecular formula is C14H22Br2O3. The lowest BCUT2D eigenvalue weighted by atomic mass is 10.2. The van der Waals surface area contributed by atoms with Crippen molar-refractivity contribution < 1.29 is 14.9 Å². The van der Waals surface area contributed by atoms with Gasteiger partial charge in [-0.2, -0.15) is 0 Å². The van der Waals surface area contributed by atoms with Crippen molar-refractivity contribution in [3.05, 3.63) is 21.1 Å². The van der Waals surface area contributed by atoms with Gasteiger partial charge in [0.15, 0.2) is 11.5 Å². The summed E-state index contributed by atoms with van der Waals surface area (Å²) in [4.78, 5) is 0. The second-order valence-corrected chi connectivity index (χ2v) is 6.79. The lowest BCUT2D eigenvalue weighted by molar-refractivity contribution is 0.0886. The van der Waals surface area contributed by atoms with E-state index in [1.54, 1.807) is 0 Å². The molecule has 110 valence electrons. The van der Waals surface area contributed by atoms with Crippen LogP contribution in [0.25, 0.3) is 0 Å². The van der Waals surface area contributed by atoms with Crippen molar-refractivity contribution in [1.29, 1.82) is 0 Å². The molecule has 0 saturated carbocycles. The third kappa shape index (κ3) is 9.30. The highest BCUT2D eigenvalue weighted by Gasteiger charge is 2.02. The maximum Gasteiger partial charge on any atom is 0.158 e. The highest BCUT2D eigenvalue weighted by atomic mass is 79.9. The Morgan fingerprint density at radius 1 is 0.895 bits per heavy atom. The maximum absolute atomic E-state index is 8.92. The van der Waals surface area contributed by atoms with Crippen molar-refractivity contribution in [2.24, 2.45) is 11.8 Å². The maximum atomic E-state index is 8.92. The van der Waals surface area contributed by atoms with Crippen LogP contribution in [0, 0.1) is 11.8 Å². The highest BCUT2D eigenvalue weighted by molar-refractivity contribution is 9.13. The van der Waals surface area contributed by atoms with Crippen molar-refractivity contribution in [3.63, 3.8) is 0 Å². The number of hydrogen-bond acceptors (Lipinski definition) is 3. The van der Waals surface area contributed by atoms with Crippen LogP contribution < -0.4 is 0 Å². The molecule has 0 aromatic heterocycles. The van der Waals surface area contributed by atoms with Crippen molar-refractivity contribution in [1.82, 2.24) is 0 Å². The third-order valence-electron chi connectivity index (χ3n) is 1.92. The van der Waals surface area contributed by atoms with Crippen LogP contribution >= 0.6 is 31.9 Å². The van der Waals surface area contributed by atoms with Gasteiger partial charge in [0, 0.05) is 22.2 Å². The van der Waals surface area contributed by atoms with Crippen LogP contribution in [-0.2, 0) is 4.74 Å². The average molecular weight is 398 g/mol. The van der Waals surface area contributed by atoms with E-state index in [4.69, 9.17) is 14.9 Å². The first kappa shape index (κ1) is 18.7. The number of rotatable bonds is 4. The Balaban J connectivity index is 0.000000344. The molecule has 0 spiro atoms. The van der Waals surface area contributed by atoms with Gasteiger partial charge in [0.1, 0.15) is 0 Å².